The van der Waals surface area contributed by atoms with E-state index in [1.54, 1.807) is 18.3 Å². The fourth-order valence-electron chi connectivity index (χ4n) is 4.66. The van der Waals surface area contributed by atoms with Crippen LogP contribution in [0, 0.1) is 12.8 Å². The largest absolute Gasteiger partial charge is 0.475 e. The van der Waals surface area contributed by atoms with Crippen LogP contribution in [0.15, 0.2) is 47.6 Å². The lowest BCUT2D eigenvalue weighted by atomic mass is 9.90. The zero-order valence-corrected chi connectivity index (χ0v) is 24.3. The lowest BCUT2D eigenvalue weighted by molar-refractivity contribution is 0.0981. The van der Waals surface area contributed by atoms with E-state index in [1.165, 1.54) is 18.3 Å². The number of nitrogens with two attached hydrogens (primary N) is 1. The monoisotopic (exact) mass is 568 g/mol. The van der Waals surface area contributed by atoms with E-state index in [0.717, 1.165) is 17.5 Å². The Labute approximate surface area is 235 Å². The molecule has 3 aromatic heterocycles. The van der Waals surface area contributed by atoms with Crippen LogP contribution in [0.1, 0.15) is 50.0 Å². The number of nitrogens with zero attached hydrogens (tertiary/aromatic N) is 4. The predicted octanol–water partition coefficient (Wildman–Crippen LogP) is 3.59. The number of hydrogen-bond donors (Lipinski definition) is 2. The highest BCUT2D eigenvalue weighted by Gasteiger charge is 2.41. The van der Waals surface area contributed by atoms with Gasteiger partial charge < -0.3 is 20.1 Å². The molecular weight excluding hydrogens is 532 g/mol. The van der Waals surface area contributed by atoms with Gasteiger partial charge in [0.05, 0.1) is 17.9 Å². The summed E-state index contributed by atoms with van der Waals surface area (Å²) in [5.41, 5.74) is 7.75. The molecule has 1 aliphatic rings. The average Bonchev–Trinajstić information content (AvgIpc) is 3.18. The Bertz CT molecular complexity index is 1490. The minimum atomic E-state index is -4.27. The minimum absolute atomic E-state index is 0.137. The third kappa shape index (κ3) is 6.02. The van der Waals surface area contributed by atoms with E-state index in [9.17, 15) is 13.2 Å². The summed E-state index contributed by atoms with van der Waals surface area (Å²) in [6.07, 6.45) is 3.95. The predicted molar refractivity (Wildman–Crippen MR) is 153 cm³/mol. The zero-order valence-electron chi connectivity index (χ0n) is 23.5. The van der Waals surface area contributed by atoms with Crippen molar-refractivity contribution in [3.05, 3.63) is 53.9 Å². The van der Waals surface area contributed by atoms with Crippen LogP contribution in [-0.2, 0) is 14.8 Å². The first-order valence-corrected chi connectivity index (χ1v) is 14.7. The van der Waals surface area contributed by atoms with Crippen LogP contribution in [-0.4, -0.2) is 61.2 Å². The van der Waals surface area contributed by atoms with Gasteiger partial charge in [-0.05, 0) is 70.4 Å². The van der Waals surface area contributed by atoms with E-state index in [2.05, 4.69) is 40.4 Å². The molecule has 1 aliphatic heterocycles. The molecule has 4 heterocycles. The zero-order chi connectivity index (χ0) is 29.1. The van der Waals surface area contributed by atoms with Gasteiger partial charge >= 0.3 is 0 Å². The molecule has 1 atom stereocenters. The molecule has 0 aliphatic carbocycles. The first kappa shape index (κ1) is 29.2. The van der Waals surface area contributed by atoms with Crippen LogP contribution in [0.3, 0.4) is 0 Å². The standard InChI is InChI=1S/C28H36N6O5S/c1-6-38-14-15-39-27-18(2)16-20(17-31-27)22-10-9-21(25(32-22)34-13-11-19(3)28(34,4)5)26(35)33-40(36,37)23-8-7-12-30-24(23)29/h7-10,12,16-17,19H,6,11,13-15H2,1-5H3,(H2,29,30)(H,33,35). The third-order valence-corrected chi connectivity index (χ3v) is 8.75. The highest BCUT2D eigenvalue weighted by Crippen LogP contribution is 2.39. The van der Waals surface area contributed by atoms with Gasteiger partial charge in [0.1, 0.15) is 23.1 Å². The molecule has 3 aromatic rings. The van der Waals surface area contributed by atoms with Crippen molar-refractivity contribution in [2.75, 3.05) is 37.0 Å². The SMILES string of the molecule is CCOCCOc1ncc(-c2ccc(C(=O)NS(=O)(=O)c3cccnc3N)c(N3CCC(C)C3(C)C)n2)cc1C. The number of rotatable bonds is 10. The number of pyridine rings is 3. The number of carbonyl (C=O) groups is 1. The van der Waals surface area contributed by atoms with Crippen molar-refractivity contribution in [3.63, 3.8) is 0 Å². The number of carbonyl (C=O) groups excluding carboxylic acids is 1. The van der Waals surface area contributed by atoms with Gasteiger partial charge in [-0.1, -0.05) is 6.92 Å². The number of anilines is 2. The number of nitrogens with one attached hydrogen (secondary N) is 1. The minimum Gasteiger partial charge on any atom is -0.475 e. The molecule has 0 saturated carbocycles. The smallest absolute Gasteiger partial charge is 0.268 e. The van der Waals surface area contributed by atoms with E-state index in [1.807, 2.05) is 19.9 Å². The van der Waals surface area contributed by atoms with Crippen LogP contribution in [0.25, 0.3) is 11.3 Å². The van der Waals surface area contributed by atoms with Gasteiger partial charge in [0.25, 0.3) is 15.9 Å². The summed E-state index contributed by atoms with van der Waals surface area (Å²) in [5.74, 6) is 0.228. The van der Waals surface area contributed by atoms with Gasteiger partial charge in [-0.3, -0.25) is 4.79 Å². The molecule has 3 N–H and O–H groups in total. The Kier molecular flexibility index (Phi) is 8.59. The second kappa shape index (κ2) is 11.8. The molecule has 11 nitrogen and oxygen atoms in total. The molecule has 0 bridgehead atoms. The normalized spacial score (nSPS) is 16.6. The number of hydrogen-bond acceptors (Lipinski definition) is 10. The number of aromatic nitrogens is 3. The third-order valence-electron chi connectivity index (χ3n) is 7.38. The molecule has 0 aromatic carbocycles. The van der Waals surface area contributed by atoms with Gasteiger partial charge in [0.15, 0.2) is 0 Å². The Morgan fingerprint density at radius 2 is 2.00 bits per heavy atom. The van der Waals surface area contributed by atoms with Gasteiger partial charge in [-0.15, -0.1) is 0 Å². The Hall–Kier alpha value is -3.77. The lowest BCUT2D eigenvalue weighted by Gasteiger charge is -2.36. The molecule has 12 heteroatoms. The van der Waals surface area contributed by atoms with E-state index in [0.29, 0.717) is 49.7 Å². The molecular formula is C28H36N6O5S. The Balaban J connectivity index is 1.70. The summed E-state index contributed by atoms with van der Waals surface area (Å²) in [6, 6.07) is 7.93. The lowest BCUT2D eigenvalue weighted by Crippen LogP contribution is -2.43. The number of amides is 1. The molecule has 1 fully saturated rings. The Morgan fingerprint density at radius 1 is 1.23 bits per heavy atom. The highest BCUT2D eigenvalue weighted by molar-refractivity contribution is 7.90. The quantitative estimate of drug-likeness (QED) is 0.347. The van der Waals surface area contributed by atoms with Crippen molar-refractivity contribution in [2.24, 2.45) is 5.92 Å². The maximum absolute atomic E-state index is 13.5. The van der Waals surface area contributed by atoms with Crippen molar-refractivity contribution in [1.29, 1.82) is 0 Å². The molecule has 1 amide bonds. The topological polar surface area (TPSA) is 150 Å². The second-order valence-electron chi connectivity index (χ2n) is 10.3. The summed E-state index contributed by atoms with van der Waals surface area (Å²) < 4.78 is 39.2. The van der Waals surface area contributed by atoms with Gasteiger partial charge in [0.2, 0.25) is 5.88 Å². The van der Waals surface area contributed by atoms with Gasteiger partial charge in [-0.25, -0.2) is 28.1 Å². The van der Waals surface area contributed by atoms with Crippen molar-refractivity contribution in [1.82, 2.24) is 19.7 Å². The summed E-state index contributed by atoms with van der Waals surface area (Å²) >= 11 is 0. The summed E-state index contributed by atoms with van der Waals surface area (Å²) in [5, 5.41) is 0. The first-order chi connectivity index (χ1) is 19.0. The van der Waals surface area contributed by atoms with Crippen LogP contribution in [0.5, 0.6) is 5.88 Å². The average molecular weight is 569 g/mol. The summed E-state index contributed by atoms with van der Waals surface area (Å²) in [7, 11) is -4.27. The second-order valence-corrected chi connectivity index (χ2v) is 11.9. The van der Waals surface area contributed by atoms with Crippen molar-refractivity contribution in [3.8, 4) is 17.1 Å². The van der Waals surface area contributed by atoms with Crippen LogP contribution in [0.2, 0.25) is 0 Å². The fourth-order valence-corrected chi connectivity index (χ4v) is 5.71. The van der Waals surface area contributed by atoms with Crippen LogP contribution < -0.4 is 20.1 Å². The summed E-state index contributed by atoms with van der Waals surface area (Å²) in [6.45, 7) is 12.3. The molecule has 0 spiro atoms. The maximum atomic E-state index is 13.5. The number of ether oxygens (including phenoxy) is 2. The van der Waals surface area contributed by atoms with Crippen LogP contribution >= 0.6 is 0 Å². The molecule has 214 valence electrons. The fraction of sp³-hybridized carbons (Fsp3) is 0.429. The number of aryl methyl sites for hydroxylation is 1. The van der Waals surface area contributed by atoms with Crippen molar-refractivity contribution < 1.29 is 22.7 Å². The Morgan fingerprint density at radius 3 is 2.65 bits per heavy atom. The van der Waals surface area contributed by atoms with E-state index >= 15 is 0 Å². The molecule has 4 rings (SSSR count). The van der Waals surface area contributed by atoms with Crippen molar-refractivity contribution in [2.45, 2.75) is 51.5 Å². The van der Waals surface area contributed by atoms with Crippen molar-refractivity contribution >= 4 is 27.6 Å². The van der Waals surface area contributed by atoms with E-state index in [-0.39, 0.29) is 21.8 Å². The summed E-state index contributed by atoms with van der Waals surface area (Å²) in [4.78, 5) is 28.4. The molecule has 1 unspecified atom stereocenters. The van der Waals surface area contributed by atoms with Gasteiger partial charge in [0, 0.05) is 42.2 Å². The number of sulfonamides is 1. The highest BCUT2D eigenvalue weighted by atomic mass is 32.2. The van der Waals surface area contributed by atoms with E-state index < -0.39 is 15.9 Å². The van der Waals surface area contributed by atoms with Gasteiger partial charge in [-0.2, -0.15) is 0 Å². The molecule has 1 saturated heterocycles. The maximum Gasteiger partial charge on any atom is 0.268 e. The van der Waals surface area contributed by atoms with Crippen LogP contribution in [0.4, 0.5) is 11.6 Å². The van der Waals surface area contributed by atoms with E-state index in [4.69, 9.17) is 20.2 Å². The molecule has 40 heavy (non-hydrogen) atoms. The first-order valence-electron chi connectivity index (χ1n) is 13.2. The number of nitrogen functional groups attached to an aromatic ring is 1. The molecule has 0 radical (unpaired) electrons.